The fraction of sp³-hybridized carbons (Fsp3) is 0.286. The van der Waals surface area contributed by atoms with Crippen LogP contribution in [0.25, 0.3) is 22.4 Å². The molecule has 0 fully saturated rings. The van der Waals surface area contributed by atoms with Gasteiger partial charge in [0.15, 0.2) is 16.3 Å². The summed E-state index contributed by atoms with van der Waals surface area (Å²) in [5, 5.41) is 5.01. The Morgan fingerprint density at radius 2 is 2.00 bits per heavy atom. The number of hydrogen-bond donors (Lipinski definition) is 1. The number of imidazole rings is 1. The van der Waals surface area contributed by atoms with Crippen LogP contribution in [0.1, 0.15) is 17.5 Å². The van der Waals surface area contributed by atoms with Gasteiger partial charge in [-0.05, 0) is 36.5 Å². The average Bonchev–Trinajstić information content (AvgIpc) is 3.48. The minimum Gasteiger partial charge on any atom is -0.328 e. The Hall–Kier alpha value is -3.53. The van der Waals surface area contributed by atoms with E-state index in [1.54, 1.807) is 7.05 Å². The Labute approximate surface area is 180 Å². The van der Waals surface area contributed by atoms with Gasteiger partial charge in [0.2, 0.25) is 5.91 Å². The van der Waals surface area contributed by atoms with Crippen molar-refractivity contribution in [2.75, 3.05) is 5.32 Å². The summed E-state index contributed by atoms with van der Waals surface area (Å²) in [6, 6.07) is 6.36. The Morgan fingerprint density at radius 1 is 1.19 bits per heavy atom. The van der Waals surface area contributed by atoms with Crippen LogP contribution in [0, 0.1) is 0 Å². The van der Waals surface area contributed by atoms with Crippen LogP contribution in [0.4, 0.5) is 5.13 Å². The van der Waals surface area contributed by atoms with E-state index >= 15 is 0 Å². The van der Waals surface area contributed by atoms with E-state index < -0.39 is 23.7 Å². The number of anilines is 1. The van der Waals surface area contributed by atoms with Gasteiger partial charge in [0.05, 0.1) is 12.0 Å². The maximum Gasteiger partial charge on any atom is 0.332 e. The van der Waals surface area contributed by atoms with Gasteiger partial charge in [-0.15, -0.1) is 11.3 Å². The van der Waals surface area contributed by atoms with Gasteiger partial charge in [0, 0.05) is 25.0 Å². The SMILES string of the molecule is Cn1cnc2c1c(=O)n(CC(=O)Nc1nc(-c3ccc4c(c3)CCC4)cs1)c(=O)n2C. The molecule has 0 bridgehead atoms. The smallest absolute Gasteiger partial charge is 0.328 e. The highest BCUT2D eigenvalue weighted by atomic mass is 32.1. The van der Waals surface area contributed by atoms with E-state index in [0.717, 1.165) is 28.7 Å². The minimum absolute atomic E-state index is 0.267. The van der Waals surface area contributed by atoms with Crippen molar-refractivity contribution in [3.05, 3.63) is 61.9 Å². The van der Waals surface area contributed by atoms with Crippen LogP contribution < -0.4 is 16.6 Å². The number of rotatable bonds is 4. The summed E-state index contributed by atoms with van der Waals surface area (Å²) >= 11 is 1.31. The van der Waals surface area contributed by atoms with Crippen LogP contribution in [0.2, 0.25) is 0 Å². The molecule has 0 aliphatic heterocycles. The summed E-state index contributed by atoms with van der Waals surface area (Å²) in [7, 11) is 3.19. The summed E-state index contributed by atoms with van der Waals surface area (Å²) in [5.74, 6) is -0.490. The van der Waals surface area contributed by atoms with E-state index in [1.807, 2.05) is 5.38 Å². The molecule has 1 N–H and O–H groups in total. The fourth-order valence-corrected chi connectivity index (χ4v) is 4.77. The normalized spacial score (nSPS) is 13.0. The Balaban J connectivity index is 1.38. The van der Waals surface area contributed by atoms with Gasteiger partial charge in [-0.3, -0.25) is 14.2 Å². The quantitative estimate of drug-likeness (QED) is 0.524. The molecule has 3 aromatic heterocycles. The van der Waals surface area contributed by atoms with Crippen LogP contribution >= 0.6 is 11.3 Å². The first-order chi connectivity index (χ1) is 14.9. The molecule has 3 heterocycles. The van der Waals surface area contributed by atoms with Crippen LogP contribution in [0.3, 0.4) is 0 Å². The average molecular weight is 436 g/mol. The third kappa shape index (κ3) is 3.28. The molecule has 1 aliphatic carbocycles. The molecule has 158 valence electrons. The zero-order valence-electron chi connectivity index (χ0n) is 17.1. The molecular weight excluding hydrogens is 416 g/mol. The Bertz CT molecular complexity index is 1460. The zero-order valence-corrected chi connectivity index (χ0v) is 17.9. The van der Waals surface area contributed by atoms with Crippen molar-refractivity contribution in [3.8, 4) is 11.3 Å². The van der Waals surface area contributed by atoms with Crippen molar-refractivity contribution in [2.24, 2.45) is 14.1 Å². The van der Waals surface area contributed by atoms with Gasteiger partial charge in [-0.25, -0.2) is 19.3 Å². The second kappa shape index (κ2) is 7.31. The molecule has 0 radical (unpaired) electrons. The summed E-state index contributed by atoms with van der Waals surface area (Å²) in [4.78, 5) is 46.5. The predicted octanol–water partition coefficient (Wildman–Crippen LogP) is 1.68. The van der Waals surface area contributed by atoms with E-state index in [9.17, 15) is 14.4 Å². The van der Waals surface area contributed by atoms with Gasteiger partial charge in [0.25, 0.3) is 5.56 Å². The molecule has 0 saturated carbocycles. The first kappa shape index (κ1) is 19.4. The molecule has 0 unspecified atom stereocenters. The van der Waals surface area contributed by atoms with Crippen molar-refractivity contribution >= 4 is 33.5 Å². The second-order valence-electron chi connectivity index (χ2n) is 7.68. The molecule has 0 atom stereocenters. The third-order valence-corrected chi connectivity index (χ3v) is 6.41. The number of nitrogens with one attached hydrogen (secondary N) is 1. The fourth-order valence-electron chi connectivity index (χ4n) is 4.03. The van der Waals surface area contributed by atoms with E-state index in [4.69, 9.17) is 0 Å². The molecule has 0 saturated heterocycles. The van der Waals surface area contributed by atoms with Crippen LogP contribution in [-0.2, 0) is 38.3 Å². The van der Waals surface area contributed by atoms with Crippen molar-refractivity contribution in [3.63, 3.8) is 0 Å². The maximum atomic E-state index is 12.7. The molecule has 0 spiro atoms. The van der Waals surface area contributed by atoms with E-state index in [2.05, 4.69) is 33.5 Å². The van der Waals surface area contributed by atoms with Gasteiger partial charge < -0.3 is 9.88 Å². The first-order valence-electron chi connectivity index (χ1n) is 9.91. The predicted molar refractivity (Wildman–Crippen MR) is 118 cm³/mol. The molecule has 4 aromatic rings. The van der Waals surface area contributed by atoms with Crippen molar-refractivity contribution in [1.82, 2.24) is 23.7 Å². The van der Waals surface area contributed by atoms with Crippen LogP contribution in [0.15, 0.2) is 39.5 Å². The maximum absolute atomic E-state index is 12.7. The number of carbonyl (C=O) groups excluding carboxylic acids is 1. The highest BCUT2D eigenvalue weighted by molar-refractivity contribution is 7.14. The molecule has 1 aliphatic rings. The van der Waals surface area contributed by atoms with Gasteiger partial charge in [-0.2, -0.15) is 0 Å². The Kier molecular flexibility index (Phi) is 4.58. The molecule has 1 aromatic carbocycles. The zero-order chi connectivity index (χ0) is 21.7. The van der Waals surface area contributed by atoms with E-state index in [0.29, 0.717) is 5.13 Å². The van der Waals surface area contributed by atoms with Crippen molar-refractivity contribution in [2.45, 2.75) is 25.8 Å². The lowest BCUT2D eigenvalue weighted by atomic mass is 10.1. The molecule has 31 heavy (non-hydrogen) atoms. The number of amides is 1. The van der Waals surface area contributed by atoms with Gasteiger partial charge >= 0.3 is 5.69 Å². The second-order valence-corrected chi connectivity index (χ2v) is 8.54. The van der Waals surface area contributed by atoms with E-state index in [1.165, 1.54) is 51.4 Å². The topological polar surface area (TPSA) is 104 Å². The number of fused-ring (bicyclic) bond motifs is 2. The summed E-state index contributed by atoms with van der Waals surface area (Å²) < 4.78 is 3.71. The van der Waals surface area contributed by atoms with Crippen molar-refractivity contribution < 1.29 is 4.79 Å². The largest absolute Gasteiger partial charge is 0.332 e. The molecular formula is C21H20N6O3S. The van der Waals surface area contributed by atoms with Gasteiger partial charge in [0.1, 0.15) is 6.54 Å². The number of hydrogen-bond acceptors (Lipinski definition) is 6. The third-order valence-electron chi connectivity index (χ3n) is 5.65. The lowest BCUT2D eigenvalue weighted by molar-refractivity contribution is -0.116. The van der Waals surface area contributed by atoms with Crippen molar-refractivity contribution in [1.29, 1.82) is 0 Å². The lowest BCUT2D eigenvalue weighted by Gasteiger charge is -2.08. The summed E-state index contributed by atoms with van der Waals surface area (Å²) in [6.07, 6.45) is 4.85. The van der Waals surface area contributed by atoms with Crippen LogP contribution in [-0.4, -0.2) is 29.6 Å². The highest BCUT2D eigenvalue weighted by Crippen LogP contribution is 2.30. The minimum atomic E-state index is -0.593. The molecule has 1 amide bonds. The first-order valence-corrected chi connectivity index (χ1v) is 10.8. The number of thiazole rings is 1. The lowest BCUT2D eigenvalue weighted by Crippen LogP contribution is -2.42. The standard InChI is InChI=1S/C21H20N6O3S/c1-25-11-22-18-17(25)19(29)27(21(30)26(18)2)9-16(28)24-20-23-15(10-31-20)14-7-6-12-4-3-5-13(12)8-14/h6-8,10-11H,3-5,9H2,1-2H3,(H,23,24,28). The number of aromatic nitrogens is 5. The Morgan fingerprint density at radius 3 is 2.84 bits per heavy atom. The highest BCUT2D eigenvalue weighted by Gasteiger charge is 2.18. The molecule has 9 nitrogen and oxygen atoms in total. The van der Waals surface area contributed by atoms with Gasteiger partial charge in [-0.1, -0.05) is 12.1 Å². The summed E-state index contributed by atoms with van der Waals surface area (Å²) in [5.41, 5.74) is 3.97. The number of benzene rings is 1. The number of carbonyl (C=O) groups is 1. The summed E-state index contributed by atoms with van der Waals surface area (Å²) in [6.45, 7) is -0.402. The number of aryl methyl sites for hydroxylation is 4. The van der Waals surface area contributed by atoms with Crippen LogP contribution in [0.5, 0.6) is 0 Å². The molecule has 5 rings (SSSR count). The molecule has 10 heteroatoms. The monoisotopic (exact) mass is 436 g/mol. The number of nitrogens with zero attached hydrogens (tertiary/aromatic N) is 5. The van der Waals surface area contributed by atoms with E-state index in [-0.39, 0.29) is 11.2 Å².